The molecule has 1 N–H and O–H groups in total. The van der Waals surface area contributed by atoms with Crippen molar-refractivity contribution in [3.8, 4) is 0 Å². The van der Waals surface area contributed by atoms with E-state index in [0.717, 1.165) is 13.1 Å². The van der Waals surface area contributed by atoms with Gasteiger partial charge >= 0.3 is 0 Å². The Bertz CT molecular complexity index is 535. The number of aryl methyl sites for hydroxylation is 1. The molecule has 1 aromatic heterocycles. The van der Waals surface area contributed by atoms with Crippen LogP contribution in [0.5, 0.6) is 0 Å². The normalized spacial score (nSPS) is 17.9. The predicted molar refractivity (Wildman–Crippen MR) is 74.8 cm³/mol. The van der Waals surface area contributed by atoms with Crippen LogP contribution in [0.15, 0.2) is 41.6 Å². The minimum Gasteiger partial charge on any atom is -0.312 e. The quantitative estimate of drug-likeness (QED) is 0.914. The SMILES string of the molecule is Cn1cc(CNCC2CSc3ccccc32)cn1. The van der Waals surface area contributed by atoms with E-state index in [2.05, 4.69) is 40.9 Å². The van der Waals surface area contributed by atoms with Crippen molar-refractivity contribution < 1.29 is 0 Å². The van der Waals surface area contributed by atoms with Crippen LogP contribution in [0, 0.1) is 0 Å². The molecular weight excluding hydrogens is 242 g/mol. The molecule has 3 nitrogen and oxygen atoms in total. The van der Waals surface area contributed by atoms with E-state index in [1.54, 1.807) is 0 Å². The first-order chi connectivity index (χ1) is 8.83. The average molecular weight is 259 g/mol. The lowest BCUT2D eigenvalue weighted by atomic mass is 10.0. The van der Waals surface area contributed by atoms with Gasteiger partial charge in [-0.3, -0.25) is 4.68 Å². The molecule has 0 saturated heterocycles. The lowest BCUT2D eigenvalue weighted by Crippen LogP contribution is -2.21. The molecule has 0 fully saturated rings. The summed E-state index contributed by atoms with van der Waals surface area (Å²) in [6.07, 6.45) is 3.98. The Morgan fingerprint density at radius 3 is 3.17 bits per heavy atom. The molecule has 3 rings (SSSR count). The zero-order chi connectivity index (χ0) is 12.4. The van der Waals surface area contributed by atoms with Crippen molar-refractivity contribution in [3.05, 3.63) is 47.8 Å². The zero-order valence-electron chi connectivity index (χ0n) is 10.5. The number of nitrogens with one attached hydrogen (secondary N) is 1. The van der Waals surface area contributed by atoms with Gasteiger partial charge in [-0.15, -0.1) is 11.8 Å². The Balaban J connectivity index is 1.56. The summed E-state index contributed by atoms with van der Waals surface area (Å²) in [5.41, 5.74) is 2.75. The third kappa shape index (κ3) is 2.44. The van der Waals surface area contributed by atoms with Crippen molar-refractivity contribution >= 4 is 11.8 Å². The van der Waals surface area contributed by atoms with Crippen molar-refractivity contribution in [2.45, 2.75) is 17.4 Å². The number of aromatic nitrogens is 2. The maximum atomic E-state index is 4.18. The number of hydrogen-bond acceptors (Lipinski definition) is 3. The maximum Gasteiger partial charge on any atom is 0.0534 e. The van der Waals surface area contributed by atoms with Crippen molar-refractivity contribution in [1.29, 1.82) is 0 Å². The third-order valence-corrected chi connectivity index (χ3v) is 4.53. The van der Waals surface area contributed by atoms with E-state index < -0.39 is 0 Å². The smallest absolute Gasteiger partial charge is 0.0534 e. The summed E-state index contributed by atoms with van der Waals surface area (Å²) in [4.78, 5) is 1.45. The molecule has 18 heavy (non-hydrogen) atoms. The first-order valence-electron chi connectivity index (χ1n) is 6.23. The fourth-order valence-electron chi connectivity index (χ4n) is 2.35. The van der Waals surface area contributed by atoms with Crippen LogP contribution >= 0.6 is 11.8 Å². The van der Waals surface area contributed by atoms with E-state index in [9.17, 15) is 0 Å². The minimum absolute atomic E-state index is 0.642. The minimum atomic E-state index is 0.642. The number of rotatable bonds is 4. The van der Waals surface area contributed by atoms with Crippen molar-refractivity contribution in [2.75, 3.05) is 12.3 Å². The number of fused-ring (bicyclic) bond motifs is 1. The number of hydrogen-bond donors (Lipinski definition) is 1. The monoisotopic (exact) mass is 259 g/mol. The topological polar surface area (TPSA) is 29.9 Å². The summed E-state index contributed by atoms with van der Waals surface area (Å²) >= 11 is 1.97. The number of benzene rings is 1. The highest BCUT2D eigenvalue weighted by molar-refractivity contribution is 7.99. The Labute approximate surface area is 112 Å². The predicted octanol–water partition coefficient (Wildman–Crippen LogP) is 2.40. The molecule has 2 aromatic rings. The first kappa shape index (κ1) is 11.8. The summed E-state index contributed by atoms with van der Waals surface area (Å²) in [7, 11) is 1.95. The van der Waals surface area contributed by atoms with Crippen LogP contribution in [0.3, 0.4) is 0 Å². The fraction of sp³-hybridized carbons (Fsp3) is 0.357. The van der Waals surface area contributed by atoms with E-state index >= 15 is 0 Å². The van der Waals surface area contributed by atoms with E-state index in [4.69, 9.17) is 0 Å². The highest BCUT2D eigenvalue weighted by atomic mass is 32.2. The lowest BCUT2D eigenvalue weighted by molar-refractivity contribution is 0.621. The van der Waals surface area contributed by atoms with Gasteiger partial charge in [-0.1, -0.05) is 18.2 Å². The summed E-state index contributed by atoms with van der Waals surface area (Å²) in [5, 5.41) is 7.71. The number of thioether (sulfide) groups is 1. The van der Waals surface area contributed by atoms with E-state index in [0.29, 0.717) is 5.92 Å². The van der Waals surface area contributed by atoms with Gasteiger partial charge in [0, 0.05) is 48.5 Å². The molecule has 1 atom stereocenters. The summed E-state index contributed by atoms with van der Waals surface area (Å²) in [6, 6.07) is 8.74. The van der Waals surface area contributed by atoms with Gasteiger partial charge in [-0.2, -0.15) is 5.10 Å². The highest BCUT2D eigenvalue weighted by Gasteiger charge is 2.21. The fourth-order valence-corrected chi connectivity index (χ4v) is 3.61. The summed E-state index contributed by atoms with van der Waals surface area (Å²) in [6.45, 7) is 1.94. The molecule has 1 aromatic carbocycles. The van der Waals surface area contributed by atoms with Crippen molar-refractivity contribution in [2.24, 2.45) is 7.05 Å². The van der Waals surface area contributed by atoms with Crippen LogP contribution in [-0.4, -0.2) is 22.1 Å². The van der Waals surface area contributed by atoms with Gasteiger partial charge in [-0.05, 0) is 11.6 Å². The summed E-state index contributed by atoms with van der Waals surface area (Å²) in [5.74, 6) is 1.84. The van der Waals surface area contributed by atoms with Gasteiger partial charge in [-0.25, -0.2) is 0 Å². The van der Waals surface area contributed by atoms with Crippen LogP contribution in [0.2, 0.25) is 0 Å². The molecule has 0 amide bonds. The van der Waals surface area contributed by atoms with Crippen LogP contribution in [0.1, 0.15) is 17.0 Å². The molecule has 1 aliphatic rings. The molecule has 1 unspecified atom stereocenters. The van der Waals surface area contributed by atoms with Crippen LogP contribution < -0.4 is 5.32 Å². The number of nitrogens with zero attached hydrogens (tertiary/aromatic N) is 2. The van der Waals surface area contributed by atoms with Gasteiger partial charge in [0.1, 0.15) is 0 Å². The summed E-state index contributed by atoms with van der Waals surface area (Å²) < 4.78 is 1.84. The standard InChI is InChI=1S/C14H17N3S/c1-17-9-11(7-16-17)6-15-8-12-10-18-14-5-3-2-4-13(12)14/h2-5,7,9,12,15H,6,8,10H2,1H3. The second-order valence-corrected chi connectivity index (χ2v) is 5.76. The highest BCUT2D eigenvalue weighted by Crippen LogP contribution is 2.38. The molecule has 0 radical (unpaired) electrons. The average Bonchev–Trinajstić information content (AvgIpc) is 2.97. The van der Waals surface area contributed by atoms with E-state index in [-0.39, 0.29) is 0 Å². The van der Waals surface area contributed by atoms with Crippen LogP contribution in [0.4, 0.5) is 0 Å². The second-order valence-electron chi connectivity index (χ2n) is 4.70. The van der Waals surface area contributed by atoms with Gasteiger partial charge < -0.3 is 5.32 Å². The second kappa shape index (κ2) is 5.16. The van der Waals surface area contributed by atoms with Crippen molar-refractivity contribution in [3.63, 3.8) is 0 Å². The molecule has 1 aliphatic heterocycles. The Hall–Kier alpha value is -1.26. The van der Waals surface area contributed by atoms with Gasteiger partial charge in [0.15, 0.2) is 0 Å². The lowest BCUT2D eigenvalue weighted by Gasteiger charge is -2.11. The maximum absolute atomic E-state index is 4.18. The third-order valence-electron chi connectivity index (χ3n) is 3.28. The van der Waals surface area contributed by atoms with Crippen LogP contribution in [0.25, 0.3) is 0 Å². The van der Waals surface area contributed by atoms with Gasteiger partial charge in [0.05, 0.1) is 6.20 Å². The Kier molecular flexibility index (Phi) is 3.39. The van der Waals surface area contributed by atoms with E-state index in [1.807, 2.05) is 29.7 Å². The largest absolute Gasteiger partial charge is 0.312 e. The Morgan fingerprint density at radius 2 is 2.33 bits per heavy atom. The first-order valence-corrected chi connectivity index (χ1v) is 7.21. The van der Waals surface area contributed by atoms with Gasteiger partial charge in [0.2, 0.25) is 0 Å². The van der Waals surface area contributed by atoms with E-state index in [1.165, 1.54) is 21.8 Å². The molecule has 2 heterocycles. The Morgan fingerprint density at radius 1 is 1.44 bits per heavy atom. The molecule has 0 aliphatic carbocycles. The molecule has 4 heteroatoms. The molecule has 0 spiro atoms. The molecular formula is C14H17N3S. The molecule has 0 bridgehead atoms. The van der Waals surface area contributed by atoms with Crippen LogP contribution in [-0.2, 0) is 13.6 Å². The molecule has 0 saturated carbocycles. The molecule has 94 valence electrons. The van der Waals surface area contributed by atoms with Gasteiger partial charge in [0.25, 0.3) is 0 Å². The zero-order valence-corrected chi connectivity index (χ0v) is 11.3. The van der Waals surface area contributed by atoms with Crippen molar-refractivity contribution in [1.82, 2.24) is 15.1 Å².